The topological polar surface area (TPSA) is 59.1 Å². The minimum atomic E-state index is -0.534. The van der Waals surface area contributed by atoms with Crippen molar-refractivity contribution in [3.63, 3.8) is 0 Å². The molecule has 4 rings (SSSR count). The standard InChI is InChI=1S/C27H30N2O4/c1-27(2,3)33-26(31)29-16-14-28(15-17-29)25(30)23-11-7-10-21-12-13-22(18-24(21)23)32-19-20-8-5-4-6-9-20/h4-13,18H,14-17,19H2,1-3H3. The van der Waals surface area contributed by atoms with Crippen molar-refractivity contribution in [2.75, 3.05) is 26.2 Å². The molecule has 172 valence electrons. The van der Waals surface area contributed by atoms with Gasteiger partial charge in [0.25, 0.3) is 5.91 Å². The number of carbonyl (C=O) groups excluding carboxylic acids is 2. The zero-order valence-corrected chi connectivity index (χ0v) is 19.4. The Balaban J connectivity index is 1.46. The number of nitrogens with zero attached hydrogens (tertiary/aromatic N) is 2. The van der Waals surface area contributed by atoms with Crippen molar-refractivity contribution in [1.29, 1.82) is 0 Å². The first-order valence-electron chi connectivity index (χ1n) is 11.3. The summed E-state index contributed by atoms with van der Waals surface area (Å²) in [5, 5.41) is 1.85. The van der Waals surface area contributed by atoms with Gasteiger partial charge in [0.2, 0.25) is 0 Å². The largest absolute Gasteiger partial charge is 0.489 e. The summed E-state index contributed by atoms with van der Waals surface area (Å²) >= 11 is 0. The van der Waals surface area contributed by atoms with Crippen LogP contribution < -0.4 is 4.74 Å². The van der Waals surface area contributed by atoms with Gasteiger partial charge in [0.1, 0.15) is 18.0 Å². The van der Waals surface area contributed by atoms with Crippen LogP contribution in [-0.4, -0.2) is 53.6 Å². The maximum Gasteiger partial charge on any atom is 0.410 e. The van der Waals surface area contributed by atoms with Crippen LogP contribution in [-0.2, 0) is 11.3 Å². The molecule has 0 radical (unpaired) electrons. The van der Waals surface area contributed by atoms with Gasteiger partial charge in [0.15, 0.2) is 0 Å². The third-order valence-corrected chi connectivity index (χ3v) is 5.55. The molecule has 1 aliphatic rings. The lowest BCUT2D eigenvalue weighted by atomic mass is 10.0. The van der Waals surface area contributed by atoms with Crippen molar-refractivity contribution in [2.24, 2.45) is 0 Å². The molecule has 1 saturated heterocycles. The summed E-state index contributed by atoms with van der Waals surface area (Å²) in [7, 11) is 0. The number of amides is 2. The summed E-state index contributed by atoms with van der Waals surface area (Å²) < 4.78 is 11.4. The average Bonchev–Trinajstić information content (AvgIpc) is 2.81. The molecular weight excluding hydrogens is 416 g/mol. The summed E-state index contributed by atoms with van der Waals surface area (Å²) in [6.07, 6.45) is -0.333. The van der Waals surface area contributed by atoms with E-state index in [1.54, 1.807) is 9.80 Å². The molecule has 3 aromatic carbocycles. The van der Waals surface area contributed by atoms with E-state index in [-0.39, 0.29) is 12.0 Å². The molecule has 33 heavy (non-hydrogen) atoms. The molecule has 0 spiro atoms. The number of carbonyl (C=O) groups is 2. The van der Waals surface area contributed by atoms with Gasteiger partial charge in [-0.1, -0.05) is 48.5 Å². The van der Waals surface area contributed by atoms with E-state index >= 15 is 0 Å². The van der Waals surface area contributed by atoms with E-state index in [1.807, 2.05) is 87.5 Å². The van der Waals surface area contributed by atoms with Crippen LogP contribution in [0.2, 0.25) is 0 Å². The Morgan fingerprint density at radius 2 is 1.55 bits per heavy atom. The van der Waals surface area contributed by atoms with Gasteiger partial charge in [-0.2, -0.15) is 0 Å². The summed E-state index contributed by atoms with van der Waals surface area (Å²) in [5.74, 6) is 0.686. The highest BCUT2D eigenvalue weighted by Crippen LogP contribution is 2.26. The molecule has 0 aromatic heterocycles. The summed E-state index contributed by atoms with van der Waals surface area (Å²) in [6, 6.07) is 21.6. The second-order valence-corrected chi connectivity index (χ2v) is 9.22. The van der Waals surface area contributed by atoms with Crippen LogP contribution in [0, 0.1) is 0 Å². The lowest BCUT2D eigenvalue weighted by Gasteiger charge is -2.35. The molecule has 3 aromatic rings. The van der Waals surface area contributed by atoms with Gasteiger partial charge in [-0.15, -0.1) is 0 Å². The third kappa shape index (κ3) is 5.64. The Hall–Kier alpha value is -3.54. The molecular formula is C27H30N2O4. The van der Waals surface area contributed by atoms with Gasteiger partial charge in [-0.3, -0.25) is 4.79 Å². The lowest BCUT2D eigenvalue weighted by molar-refractivity contribution is 0.0141. The number of hydrogen-bond acceptors (Lipinski definition) is 4. The summed E-state index contributed by atoms with van der Waals surface area (Å²) in [6.45, 7) is 7.87. The molecule has 6 nitrogen and oxygen atoms in total. The second-order valence-electron chi connectivity index (χ2n) is 9.22. The Morgan fingerprint density at radius 3 is 2.24 bits per heavy atom. The molecule has 1 heterocycles. The Labute approximate surface area is 194 Å². The Bertz CT molecular complexity index is 1130. The lowest BCUT2D eigenvalue weighted by Crippen LogP contribution is -2.51. The molecule has 0 saturated carbocycles. The van der Waals surface area contributed by atoms with Gasteiger partial charge in [0.05, 0.1) is 0 Å². The van der Waals surface area contributed by atoms with Crippen LogP contribution in [0.1, 0.15) is 36.7 Å². The van der Waals surface area contributed by atoms with Crippen LogP contribution >= 0.6 is 0 Å². The van der Waals surface area contributed by atoms with E-state index in [0.717, 1.165) is 22.1 Å². The van der Waals surface area contributed by atoms with Gasteiger partial charge < -0.3 is 19.3 Å². The van der Waals surface area contributed by atoms with E-state index in [9.17, 15) is 9.59 Å². The highest BCUT2D eigenvalue weighted by Gasteiger charge is 2.28. The molecule has 1 aliphatic heterocycles. The maximum atomic E-state index is 13.4. The van der Waals surface area contributed by atoms with Gasteiger partial charge >= 0.3 is 6.09 Å². The second kappa shape index (κ2) is 9.53. The average molecular weight is 447 g/mol. The predicted octanol–water partition coefficient (Wildman–Crippen LogP) is 5.11. The summed E-state index contributed by atoms with van der Waals surface area (Å²) in [4.78, 5) is 29.1. The fourth-order valence-electron chi connectivity index (χ4n) is 3.86. The number of hydrogen-bond donors (Lipinski definition) is 0. The first kappa shape index (κ1) is 22.6. The van der Waals surface area contributed by atoms with Crippen LogP contribution in [0.25, 0.3) is 10.8 Å². The first-order valence-corrected chi connectivity index (χ1v) is 11.3. The predicted molar refractivity (Wildman–Crippen MR) is 128 cm³/mol. The van der Waals surface area contributed by atoms with Crippen molar-refractivity contribution in [2.45, 2.75) is 33.0 Å². The van der Waals surface area contributed by atoms with Crippen LogP contribution in [0.4, 0.5) is 4.79 Å². The SMILES string of the molecule is CC(C)(C)OC(=O)N1CCN(C(=O)c2cccc3ccc(OCc4ccccc4)cc23)CC1. The van der Waals surface area contributed by atoms with Crippen molar-refractivity contribution in [1.82, 2.24) is 9.80 Å². The van der Waals surface area contributed by atoms with Crippen molar-refractivity contribution >= 4 is 22.8 Å². The van der Waals surface area contributed by atoms with Crippen LogP contribution in [0.5, 0.6) is 5.75 Å². The molecule has 6 heteroatoms. The van der Waals surface area contributed by atoms with E-state index in [4.69, 9.17) is 9.47 Å². The Kier molecular flexibility index (Phi) is 6.54. The number of benzene rings is 3. The quantitative estimate of drug-likeness (QED) is 0.559. The fraction of sp³-hybridized carbons (Fsp3) is 0.333. The molecule has 0 aliphatic carbocycles. The van der Waals surface area contributed by atoms with Gasteiger partial charge in [-0.25, -0.2) is 4.79 Å². The zero-order valence-electron chi connectivity index (χ0n) is 19.4. The summed E-state index contributed by atoms with van der Waals surface area (Å²) in [5.41, 5.74) is 1.20. The minimum Gasteiger partial charge on any atom is -0.489 e. The third-order valence-electron chi connectivity index (χ3n) is 5.55. The smallest absolute Gasteiger partial charge is 0.410 e. The van der Waals surface area contributed by atoms with Gasteiger partial charge in [0, 0.05) is 31.7 Å². The molecule has 0 bridgehead atoms. The number of ether oxygens (including phenoxy) is 2. The van der Waals surface area contributed by atoms with E-state index < -0.39 is 5.60 Å². The van der Waals surface area contributed by atoms with E-state index in [1.165, 1.54) is 0 Å². The van der Waals surface area contributed by atoms with Crippen molar-refractivity contribution in [3.05, 3.63) is 77.9 Å². The molecule has 0 atom stereocenters. The van der Waals surface area contributed by atoms with E-state index in [0.29, 0.717) is 38.3 Å². The number of piperazine rings is 1. The zero-order chi connectivity index (χ0) is 23.4. The van der Waals surface area contributed by atoms with Crippen molar-refractivity contribution in [3.8, 4) is 5.75 Å². The highest BCUT2D eigenvalue weighted by molar-refractivity contribution is 6.07. The van der Waals surface area contributed by atoms with Crippen LogP contribution in [0.3, 0.4) is 0 Å². The first-order chi connectivity index (χ1) is 15.8. The molecule has 0 unspecified atom stereocenters. The minimum absolute atomic E-state index is 0.0374. The normalized spacial score (nSPS) is 14.3. The Morgan fingerprint density at radius 1 is 0.848 bits per heavy atom. The number of rotatable bonds is 4. The highest BCUT2D eigenvalue weighted by atomic mass is 16.6. The van der Waals surface area contributed by atoms with Crippen molar-refractivity contribution < 1.29 is 19.1 Å². The molecule has 1 fully saturated rings. The van der Waals surface area contributed by atoms with E-state index in [2.05, 4.69) is 0 Å². The van der Waals surface area contributed by atoms with Crippen LogP contribution in [0.15, 0.2) is 66.7 Å². The molecule has 0 N–H and O–H groups in total. The number of fused-ring (bicyclic) bond motifs is 1. The fourth-order valence-corrected chi connectivity index (χ4v) is 3.86. The maximum absolute atomic E-state index is 13.4. The van der Waals surface area contributed by atoms with Gasteiger partial charge in [-0.05, 0) is 55.3 Å². The molecule has 2 amide bonds. The monoisotopic (exact) mass is 446 g/mol.